The van der Waals surface area contributed by atoms with Gasteiger partial charge in [0.15, 0.2) is 0 Å². The Balaban J connectivity index is 0.000001000. The van der Waals surface area contributed by atoms with E-state index in [1.165, 1.54) is 5.67 Å². The van der Waals surface area contributed by atoms with Gasteiger partial charge in [-0.25, -0.2) is 0 Å². The average molecular weight is 190 g/mol. The molecule has 0 unspecified atom stereocenters. The minimum Gasteiger partial charge on any atom is -1.00 e. The fourth-order valence-electron chi connectivity index (χ4n) is 0.719. The fourth-order valence-corrected chi connectivity index (χ4v) is 0.832. The van der Waals surface area contributed by atoms with Crippen molar-refractivity contribution in [1.29, 1.82) is 0 Å². The number of benzene rings is 1. The number of rotatable bonds is 1. The molecule has 0 saturated carbocycles. The molecule has 0 heterocycles. The van der Waals surface area contributed by atoms with Gasteiger partial charge in [-0.3, -0.25) is 0 Å². The Morgan fingerprint density at radius 1 is 1.27 bits per heavy atom. The van der Waals surface area contributed by atoms with Crippen LogP contribution in [-0.4, -0.2) is 17.3 Å². The number of halogens is 2. The van der Waals surface area contributed by atoms with E-state index in [4.69, 9.17) is 11.6 Å². The summed E-state index contributed by atoms with van der Waals surface area (Å²) in [7, 11) is 1.91. The molecule has 0 amide bonds. The van der Waals surface area contributed by atoms with E-state index in [0.29, 0.717) is 0 Å². The van der Waals surface area contributed by atoms with Crippen molar-refractivity contribution in [3.05, 3.63) is 30.3 Å². The van der Waals surface area contributed by atoms with E-state index in [1.54, 1.807) is 0 Å². The van der Waals surface area contributed by atoms with Crippen LogP contribution < -0.4 is 12.4 Å². The SMILES string of the molecule is C/[N+](=C\Cl)c1ccccc1.[Cl-]. The van der Waals surface area contributed by atoms with Gasteiger partial charge in [-0.2, -0.15) is 4.58 Å². The van der Waals surface area contributed by atoms with Gasteiger partial charge in [0.05, 0.1) is 0 Å². The normalized spacial score (nSPS) is 10.5. The van der Waals surface area contributed by atoms with Crippen molar-refractivity contribution < 1.29 is 17.0 Å². The summed E-state index contributed by atoms with van der Waals surface area (Å²) in [5.74, 6) is 0. The Morgan fingerprint density at radius 2 is 1.82 bits per heavy atom. The quantitative estimate of drug-likeness (QED) is 0.404. The predicted octanol–water partition coefficient (Wildman–Crippen LogP) is -0.768. The van der Waals surface area contributed by atoms with Gasteiger partial charge < -0.3 is 12.4 Å². The van der Waals surface area contributed by atoms with Crippen molar-refractivity contribution in [3.63, 3.8) is 0 Å². The lowest BCUT2D eigenvalue weighted by Gasteiger charge is -1.90. The van der Waals surface area contributed by atoms with Gasteiger partial charge in [-0.1, -0.05) is 18.2 Å². The molecule has 0 spiro atoms. The first-order valence-electron chi connectivity index (χ1n) is 3.06. The van der Waals surface area contributed by atoms with Crippen LogP contribution in [0.1, 0.15) is 0 Å². The molecule has 0 fully saturated rings. The second kappa shape index (κ2) is 5.16. The molecular weight excluding hydrogens is 181 g/mol. The highest BCUT2D eigenvalue weighted by molar-refractivity contribution is 6.54. The maximum Gasteiger partial charge on any atom is 0.238 e. The molecule has 11 heavy (non-hydrogen) atoms. The van der Waals surface area contributed by atoms with E-state index >= 15 is 0 Å². The zero-order chi connectivity index (χ0) is 7.40. The lowest BCUT2D eigenvalue weighted by atomic mass is 10.3. The molecule has 3 heteroatoms. The molecule has 1 aromatic carbocycles. The topological polar surface area (TPSA) is 3.01 Å². The van der Waals surface area contributed by atoms with E-state index < -0.39 is 0 Å². The van der Waals surface area contributed by atoms with Gasteiger partial charge >= 0.3 is 0 Å². The molecule has 0 N–H and O–H groups in total. The molecule has 1 aromatic rings. The van der Waals surface area contributed by atoms with Crippen molar-refractivity contribution in [2.75, 3.05) is 7.05 Å². The van der Waals surface area contributed by atoms with Crippen LogP contribution in [0.25, 0.3) is 0 Å². The van der Waals surface area contributed by atoms with Crippen molar-refractivity contribution in [1.82, 2.24) is 0 Å². The smallest absolute Gasteiger partial charge is 0.238 e. The van der Waals surface area contributed by atoms with Gasteiger partial charge in [-0.15, -0.1) is 0 Å². The van der Waals surface area contributed by atoms with Gasteiger partial charge in [0.2, 0.25) is 11.4 Å². The molecule has 1 nitrogen and oxygen atoms in total. The summed E-state index contributed by atoms with van der Waals surface area (Å²) in [6.45, 7) is 0. The first-order chi connectivity index (χ1) is 4.84. The molecule has 0 bridgehead atoms. The Morgan fingerprint density at radius 3 is 2.27 bits per heavy atom. The van der Waals surface area contributed by atoms with Gasteiger partial charge in [0.25, 0.3) is 0 Å². The molecule has 0 aromatic heterocycles. The maximum absolute atomic E-state index is 5.49. The van der Waals surface area contributed by atoms with Gasteiger partial charge in [0, 0.05) is 12.1 Å². The third kappa shape index (κ3) is 2.91. The van der Waals surface area contributed by atoms with Crippen LogP contribution in [0.3, 0.4) is 0 Å². The van der Waals surface area contributed by atoms with Crippen LogP contribution in [0.4, 0.5) is 5.69 Å². The van der Waals surface area contributed by atoms with Crippen molar-refractivity contribution in [2.24, 2.45) is 0 Å². The zero-order valence-electron chi connectivity index (χ0n) is 6.17. The van der Waals surface area contributed by atoms with Crippen LogP contribution in [0, 0.1) is 0 Å². The highest BCUT2D eigenvalue weighted by Gasteiger charge is 1.96. The third-order valence-corrected chi connectivity index (χ3v) is 1.60. The lowest BCUT2D eigenvalue weighted by Crippen LogP contribution is -3.00. The molecule has 0 radical (unpaired) electrons. The second-order valence-electron chi connectivity index (χ2n) is 2.04. The molecule has 0 aliphatic heterocycles. The van der Waals surface area contributed by atoms with Crippen LogP contribution in [0.15, 0.2) is 30.3 Å². The number of hydrogen-bond donors (Lipinski definition) is 0. The molecule has 0 aliphatic rings. The lowest BCUT2D eigenvalue weighted by molar-refractivity contribution is -0.397. The van der Waals surface area contributed by atoms with E-state index in [9.17, 15) is 0 Å². The van der Waals surface area contributed by atoms with Crippen LogP contribution in [0.2, 0.25) is 0 Å². The summed E-state index contributed by atoms with van der Waals surface area (Å²) >= 11 is 5.49. The van der Waals surface area contributed by atoms with Gasteiger partial charge in [-0.05, 0) is 11.6 Å². The number of para-hydroxylation sites is 1. The molecule has 0 aliphatic carbocycles. The Hall–Kier alpha value is -0.530. The number of nitrogens with zero attached hydrogens (tertiary/aromatic N) is 1. The van der Waals surface area contributed by atoms with Crippen LogP contribution in [-0.2, 0) is 0 Å². The Kier molecular flexibility index (Phi) is 4.92. The maximum atomic E-state index is 5.49. The monoisotopic (exact) mass is 189 g/mol. The molecule has 0 atom stereocenters. The largest absolute Gasteiger partial charge is 1.00 e. The first-order valence-corrected chi connectivity index (χ1v) is 3.49. The van der Waals surface area contributed by atoms with E-state index in [2.05, 4.69) is 0 Å². The summed E-state index contributed by atoms with van der Waals surface area (Å²) in [5.41, 5.74) is 2.60. The van der Waals surface area contributed by atoms with Crippen LogP contribution in [0.5, 0.6) is 0 Å². The summed E-state index contributed by atoms with van der Waals surface area (Å²) in [6, 6.07) is 9.93. The molecule has 60 valence electrons. The van der Waals surface area contributed by atoms with Crippen molar-refractivity contribution in [2.45, 2.75) is 0 Å². The van der Waals surface area contributed by atoms with Crippen LogP contribution >= 0.6 is 11.6 Å². The van der Waals surface area contributed by atoms with E-state index in [1.807, 2.05) is 42.0 Å². The average Bonchev–Trinajstić information content (AvgIpc) is 2.05. The minimum absolute atomic E-state index is 0. The van der Waals surface area contributed by atoms with E-state index in [0.717, 1.165) is 5.69 Å². The fraction of sp³-hybridized carbons (Fsp3) is 0.125. The summed E-state index contributed by atoms with van der Waals surface area (Å²) in [5, 5.41) is 0. The summed E-state index contributed by atoms with van der Waals surface area (Å²) in [4.78, 5) is 0. The first kappa shape index (κ1) is 10.5. The zero-order valence-corrected chi connectivity index (χ0v) is 7.68. The van der Waals surface area contributed by atoms with Gasteiger partial charge in [0.1, 0.15) is 7.05 Å². The molecular formula is C8H9Cl2N. The highest BCUT2D eigenvalue weighted by Crippen LogP contribution is 2.06. The second-order valence-corrected chi connectivity index (χ2v) is 2.24. The van der Waals surface area contributed by atoms with E-state index in [-0.39, 0.29) is 12.4 Å². The molecule has 1 rings (SSSR count). The summed E-state index contributed by atoms with van der Waals surface area (Å²) in [6.07, 6.45) is 0. The Bertz CT molecular complexity index is 231. The van der Waals surface area contributed by atoms with Crippen molar-refractivity contribution in [3.8, 4) is 0 Å². The van der Waals surface area contributed by atoms with Crippen molar-refractivity contribution >= 4 is 23.0 Å². The standard InChI is InChI=1S/C8H9ClN.ClH/c1-10(7-9)8-5-3-2-4-6-8;/h2-7H,1H3;1H/q+1;/p-1/b10-7+;. The third-order valence-electron chi connectivity index (χ3n) is 1.31. The summed E-state index contributed by atoms with van der Waals surface area (Å²) < 4.78 is 1.85. The minimum atomic E-state index is 0. The number of hydrogen-bond acceptors (Lipinski definition) is 0. The Labute approximate surface area is 77.7 Å². The molecule has 0 saturated heterocycles. The highest BCUT2D eigenvalue weighted by atomic mass is 35.5. The predicted molar refractivity (Wildman–Crippen MR) is 44.2 cm³/mol.